The van der Waals surface area contributed by atoms with Crippen LogP contribution in [0.2, 0.25) is 0 Å². The molecule has 0 saturated carbocycles. The molecule has 0 unspecified atom stereocenters. The van der Waals surface area contributed by atoms with Crippen LogP contribution in [0.5, 0.6) is 0 Å². The molecule has 2 N–H and O–H groups in total. The predicted octanol–water partition coefficient (Wildman–Crippen LogP) is 2.74. The monoisotopic (exact) mass is 462 g/mol. The number of hydrogen-bond acceptors (Lipinski definition) is 5. The first-order valence-corrected chi connectivity index (χ1v) is 10.9. The first-order chi connectivity index (χ1) is 16.5. The molecule has 2 aromatic carbocycles. The van der Waals surface area contributed by atoms with Crippen LogP contribution in [0.3, 0.4) is 0 Å². The number of halogens is 1. The van der Waals surface area contributed by atoms with Gasteiger partial charge in [-0.3, -0.25) is 9.59 Å². The predicted molar refractivity (Wildman–Crippen MR) is 124 cm³/mol. The number of benzene rings is 2. The van der Waals surface area contributed by atoms with Crippen molar-refractivity contribution in [2.24, 2.45) is 0 Å². The van der Waals surface area contributed by atoms with E-state index in [1.807, 2.05) is 0 Å². The smallest absolute Gasteiger partial charge is 0.256 e. The Bertz CT molecular complexity index is 1410. The zero-order valence-electron chi connectivity index (χ0n) is 18.4. The number of nitrogens with one attached hydrogen (secondary N) is 1. The maximum absolute atomic E-state index is 13.6. The summed E-state index contributed by atoms with van der Waals surface area (Å²) in [5.74, 6) is -0.547. The van der Waals surface area contributed by atoms with Gasteiger partial charge in [0.2, 0.25) is 0 Å². The van der Waals surface area contributed by atoms with Gasteiger partial charge in [-0.1, -0.05) is 0 Å². The molecule has 5 rings (SSSR count). The minimum Gasteiger partial charge on any atom is -0.394 e. The van der Waals surface area contributed by atoms with Gasteiger partial charge in [0.25, 0.3) is 11.5 Å². The highest BCUT2D eigenvalue weighted by Gasteiger charge is 2.35. The van der Waals surface area contributed by atoms with E-state index in [1.165, 1.54) is 18.2 Å². The van der Waals surface area contributed by atoms with E-state index in [2.05, 4.69) is 10.1 Å². The molecule has 0 bridgehead atoms. The zero-order valence-corrected chi connectivity index (χ0v) is 18.4. The van der Waals surface area contributed by atoms with E-state index in [9.17, 15) is 19.1 Å². The summed E-state index contributed by atoms with van der Waals surface area (Å²) in [4.78, 5) is 29.9. The number of methoxy groups -OCH3 is 1. The van der Waals surface area contributed by atoms with Crippen molar-refractivity contribution in [1.29, 1.82) is 0 Å². The number of fused-ring (bicyclic) bond motifs is 1. The van der Waals surface area contributed by atoms with Crippen molar-refractivity contribution in [3.8, 4) is 16.8 Å². The molecule has 2 aromatic heterocycles. The molecule has 0 radical (unpaired) electrons. The molecule has 3 heterocycles. The summed E-state index contributed by atoms with van der Waals surface area (Å²) in [7, 11) is 1.60. The van der Waals surface area contributed by atoms with Crippen LogP contribution in [0.1, 0.15) is 16.8 Å². The van der Waals surface area contributed by atoms with Gasteiger partial charge in [-0.15, -0.1) is 0 Å². The minimum absolute atomic E-state index is 0.0855. The lowest BCUT2D eigenvalue weighted by Gasteiger charge is -2.22. The number of likely N-dealkylation sites (tertiary alicyclic amines) is 1. The van der Waals surface area contributed by atoms with Crippen molar-refractivity contribution in [1.82, 2.24) is 19.7 Å². The van der Waals surface area contributed by atoms with Crippen LogP contribution >= 0.6 is 0 Å². The Morgan fingerprint density at radius 1 is 1.24 bits per heavy atom. The Balaban J connectivity index is 1.39. The zero-order chi connectivity index (χ0) is 23.8. The lowest BCUT2D eigenvalue weighted by molar-refractivity contribution is 0.0648. The Hall–Kier alpha value is -3.82. The van der Waals surface area contributed by atoms with E-state index < -0.39 is 0 Å². The van der Waals surface area contributed by atoms with Crippen molar-refractivity contribution in [3.05, 3.63) is 82.7 Å². The van der Waals surface area contributed by atoms with Gasteiger partial charge in [0, 0.05) is 41.9 Å². The van der Waals surface area contributed by atoms with Crippen molar-refractivity contribution >= 4 is 16.8 Å². The molecule has 174 valence electrons. The molecular weight excluding hydrogens is 439 g/mol. The normalized spacial score (nSPS) is 18.0. The number of carbonyl (C=O) groups excluding carboxylic acids is 1. The summed E-state index contributed by atoms with van der Waals surface area (Å²) >= 11 is 0. The Morgan fingerprint density at radius 3 is 2.76 bits per heavy atom. The average molecular weight is 462 g/mol. The van der Waals surface area contributed by atoms with Crippen LogP contribution in [-0.4, -0.2) is 63.1 Å². The van der Waals surface area contributed by atoms with Crippen LogP contribution in [0.25, 0.3) is 27.7 Å². The number of aliphatic hydroxyl groups is 1. The summed E-state index contributed by atoms with van der Waals surface area (Å²) in [5, 5.41) is 14.6. The van der Waals surface area contributed by atoms with Gasteiger partial charge in [-0.05, 0) is 55.0 Å². The number of aromatic amines is 1. The fourth-order valence-electron chi connectivity index (χ4n) is 4.38. The van der Waals surface area contributed by atoms with E-state index in [0.29, 0.717) is 46.2 Å². The Morgan fingerprint density at radius 2 is 2.03 bits per heavy atom. The molecule has 9 heteroatoms. The first kappa shape index (κ1) is 22.0. The molecular formula is C25H23FN4O4. The van der Waals surface area contributed by atoms with E-state index >= 15 is 0 Å². The first-order valence-electron chi connectivity index (χ1n) is 10.9. The quantitative estimate of drug-likeness (QED) is 0.475. The molecule has 0 aliphatic carbocycles. The fraction of sp³-hybridized carbons (Fsp3) is 0.240. The highest BCUT2D eigenvalue weighted by atomic mass is 19.1. The number of H-pyrrole nitrogens is 1. The lowest BCUT2D eigenvalue weighted by atomic mass is 10.1. The Labute approximate surface area is 194 Å². The summed E-state index contributed by atoms with van der Waals surface area (Å²) < 4.78 is 20.6. The van der Waals surface area contributed by atoms with Crippen molar-refractivity contribution < 1.29 is 19.0 Å². The van der Waals surface area contributed by atoms with Gasteiger partial charge in [-0.25, -0.2) is 9.07 Å². The number of nitrogens with zero attached hydrogens (tertiary/aromatic N) is 3. The standard InChI is InChI=1S/C25H23FN4O4/c1-34-21-10-20(14-31)29(13-21)25(33)15-2-5-19(6-3-15)30-12-17(11-27-30)22-9-16-8-18(26)4-7-23(16)28-24(22)32/h2-9,11-12,20-21,31H,10,13-14H2,1H3,(H,28,32)/t20-,21-/m1/s1. The molecule has 0 spiro atoms. The Kier molecular flexibility index (Phi) is 5.72. The van der Waals surface area contributed by atoms with Gasteiger partial charge < -0.3 is 19.7 Å². The second-order valence-corrected chi connectivity index (χ2v) is 8.35. The number of hydrogen-bond donors (Lipinski definition) is 2. The summed E-state index contributed by atoms with van der Waals surface area (Å²) in [5.41, 5.74) is 2.44. The third kappa shape index (κ3) is 4.00. The van der Waals surface area contributed by atoms with E-state index in [4.69, 9.17) is 4.74 Å². The van der Waals surface area contributed by atoms with Crippen LogP contribution in [0, 0.1) is 5.82 Å². The average Bonchev–Trinajstić information content (AvgIpc) is 3.51. The largest absolute Gasteiger partial charge is 0.394 e. The molecule has 1 amide bonds. The van der Waals surface area contributed by atoms with Gasteiger partial charge >= 0.3 is 0 Å². The number of ether oxygens (including phenoxy) is 1. The molecule has 1 aliphatic rings. The second-order valence-electron chi connectivity index (χ2n) is 8.35. The van der Waals surface area contributed by atoms with Crippen LogP contribution < -0.4 is 5.56 Å². The van der Waals surface area contributed by atoms with E-state index in [-0.39, 0.29) is 36.0 Å². The molecule has 1 aliphatic heterocycles. The summed E-state index contributed by atoms with van der Waals surface area (Å²) in [6.07, 6.45) is 3.79. The van der Waals surface area contributed by atoms with E-state index in [1.54, 1.807) is 59.4 Å². The second kappa shape index (κ2) is 8.85. The molecule has 8 nitrogen and oxygen atoms in total. The van der Waals surface area contributed by atoms with Gasteiger partial charge in [0.15, 0.2) is 0 Å². The molecule has 2 atom stereocenters. The van der Waals surface area contributed by atoms with Crippen LogP contribution in [-0.2, 0) is 4.74 Å². The van der Waals surface area contributed by atoms with Crippen LogP contribution in [0.4, 0.5) is 4.39 Å². The van der Waals surface area contributed by atoms with Gasteiger partial charge in [0.1, 0.15) is 5.82 Å². The number of carbonyl (C=O) groups is 1. The number of aliphatic hydroxyl groups excluding tert-OH is 1. The number of aromatic nitrogens is 3. The SMILES string of the molecule is CO[C@@H]1C[C@H](CO)N(C(=O)c2ccc(-n3cc(-c4cc5cc(F)ccc5[nH]c4=O)cn3)cc2)C1. The molecule has 4 aromatic rings. The molecule has 1 saturated heterocycles. The van der Waals surface area contributed by atoms with Crippen LogP contribution in [0.15, 0.2) is 65.7 Å². The number of rotatable bonds is 5. The number of pyridine rings is 1. The molecule has 1 fully saturated rings. The summed E-state index contributed by atoms with van der Waals surface area (Å²) in [6.45, 7) is 0.329. The van der Waals surface area contributed by atoms with Crippen molar-refractivity contribution in [2.75, 3.05) is 20.3 Å². The molecule has 34 heavy (non-hydrogen) atoms. The maximum atomic E-state index is 13.6. The highest BCUT2D eigenvalue weighted by molar-refractivity contribution is 5.95. The minimum atomic E-state index is -0.382. The highest BCUT2D eigenvalue weighted by Crippen LogP contribution is 2.24. The number of amides is 1. The maximum Gasteiger partial charge on any atom is 0.256 e. The lowest BCUT2D eigenvalue weighted by Crippen LogP contribution is -2.38. The van der Waals surface area contributed by atoms with Gasteiger partial charge in [-0.2, -0.15) is 5.10 Å². The van der Waals surface area contributed by atoms with Crippen molar-refractivity contribution in [3.63, 3.8) is 0 Å². The third-order valence-corrected chi connectivity index (χ3v) is 6.26. The fourth-order valence-corrected chi connectivity index (χ4v) is 4.38. The van der Waals surface area contributed by atoms with E-state index in [0.717, 1.165) is 0 Å². The van der Waals surface area contributed by atoms with Crippen molar-refractivity contribution in [2.45, 2.75) is 18.6 Å². The summed E-state index contributed by atoms with van der Waals surface area (Å²) in [6, 6.07) is 12.5. The topological polar surface area (TPSA) is 100 Å². The van der Waals surface area contributed by atoms with Gasteiger partial charge in [0.05, 0.1) is 36.2 Å². The third-order valence-electron chi connectivity index (χ3n) is 6.26.